The summed E-state index contributed by atoms with van der Waals surface area (Å²) in [4.78, 5) is 18.9. The Morgan fingerprint density at radius 3 is 2.79 bits per heavy atom. The zero-order chi connectivity index (χ0) is 14.0. The Morgan fingerprint density at radius 1 is 1.58 bits per heavy atom. The van der Waals surface area contributed by atoms with Crippen molar-refractivity contribution < 1.29 is 4.79 Å². The summed E-state index contributed by atoms with van der Waals surface area (Å²) in [6.45, 7) is 4.97. The number of nitrogens with one attached hydrogen (secondary N) is 1. The summed E-state index contributed by atoms with van der Waals surface area (Å²) in [6, 6.07) is 2.04. The number of aromatic nitrogens is 1. The van der Waals surface area contributed by atoms with E-state index < -0.39 is 0 Å². The molecule has 0 spiro atoms. The summed E-state index contributed by atoms with van der Waals surface area (Å²) in [5.41, 5.74) is 0.631. The number of rotatable bonds is 5. The predicted octanol–water partition coefficient (Wildman–Crippen LogP) is 3.15. The molecule has 0 bridgehead atoms. The third-order valence-corrected chi connectivity index (χ3v) is 3.79. The van der Waals surface area contributed by atoms with Crippen LogP contribution in [0.4, 0.5) is 5.82 Å². The number of carbonyl (C=O) groups is 1. The fourth-order valence-corrected chi connectivity index (χ4v) is 2.39. The minimum atomic E-state index is 0.0556. The van der Waals surface area contributed by atoms with Crippen molar-refractivity contribution >= 4 is 27.7 Å². The SMILES string of the molecule is CNc1ncc(Br)cc1C(=O)N(CC1CC1)C(C)C. The summed E-state index contributed by atoms with van der Waals surface area (Å²) in [5.74, 6) is 1.37. The van der Waals surface area contributed by atoms with Crippen molar-refractivity contribution in [2.45, 2.75) is 32.7 Å². The topological polar surface area (TPSA) is 45.2 Å². The largest absolute Gasteiger partial charge is 0.372 e. The van der Waals surface area contributed by atoms with Gasteiger partial charge in [-0.15, -0.1) is 0 Å². The molecule has 1 saturated carbocycles. The molecule has 1 amide bonds. The van der Waals surface area contributed by atoms with Gasteiger partial charge in [0.1, 0.15) is 5.82 Å². The van der Waals surface area contributed by atoms with Gasteiger partial charge in [0.2, 0.25) is 0 Å². The van der Waals surface area contributed by atoms with Crippen LogP contribution in [0.2, 0.25) is 0 Å². The average Bonchev–Trinajstić information content (AvgIpc) is 3.18. The molecule has 4 nitrogen and oxygen atoms in total. The Hall–Kier alpha value is -1.10. The second-order valence-electron chi connectivity index (χ2n) is 5.29. The van der Waals surface area contributed by atoms with Crippen LogP contribution in [0.5, 0.6) is 0 Å². The van der Waals surface area contributed by atoms with Crippen LogP contribution in [-0.4, -0.2) is 35.4 Å². The quantitative estimate of drug-likeness (QED) is 0.904. The van der Waals surface area contributed by atoms with Gasteiger partial charge in [-0.25, -0.2) is 4.98 Å². The lowest BCUT2D eigenvalue weighted by Crippen LogP contribution is -2.38. The first-order chi connectivity index (χ1) is 9.02. The van der Waals surface area contributed by atoms with Gasteiger partial charge in [0.05, 0.1) is 5.56 Å². The molecule has 0 unspecified atom stereocenters. The predicted molar refractivity (Wildman–Crippen MR) is 80.4 cm³/mol. The normalized spacial score (nSPS) is 14.6. The highest BCUT2D eigenvalue weighted by molar-refractivity contribution is 9.10. The van der Waals surface area contributed by atoms with E-state index in [0.29, 0.717) is 17.3 Å². The minimum Gasteiger partial charge on any atom is -0.372 e. The Balaban J connectivity index is 2.26. The first-order valence-corrected chi connectivity index (χ1v) is 7.46. The van der Waals surface area contributed by atoms with E-state index in [0.717, 1.165) is 11.0 Å². The summed E-state index contributed by atoms with van der Waals surface area (Å²) in [7, 11) is 1.79. The third-order valence-electron chi connectivity index (χ3n) is 3.36. The van der Waals surface area contributed by atoms with Crippen molar-refractivity contribution in [1.82, 2.24) is 9.88 Å². The third kappa shape index (κ3) is 3.47. The molecule has 1 aliphatic carbocycles. The first-order valence-electron chi connectivity index (χ1n) is 6.67. The number of carbonyl (C=O) groups excluding carboxylic acids is 1. The fourth-order valence-electron chi connectivity index (χ4n) is 2.06. The molecule has 1 aromatic heterocycles. The lowest BCUT2D eigenvalue weighted by molar-refractivity contribution is 0.0697. The van der Waals surface area contributed by atoms with Crippen molar-refractivity contribution in [3.63, 3.8) is 0 Å². The molecular weight excluding hydrogens is 306 g/mol. The summed E-state index contributed by atoms with van der Waals surface area (Å²) < 4.78 is 0.824. The van der Waals surface area contributed by atoms with Crippen molar-refractivity contribution in [3.8, 4) is 0 Å². The van der Waals surface area contributed by atoms with Crippen molar-refractivity contribution in [2.75, 3.05) is 18.9 Å². The Labute approximate surface area is 122 Å². The molecule has 2 rings (SSSR count). The second kappa shape index (κ2) is 5.90. The van der Waals surface area contributed by atoms with Gasteiger partial charge in [0.25, 0.3) is 5.91 Å². The van der Waals surface area contributed by atoms with Gasteiger partial charge < -0.3 is 10.2 Å². The standard InChI is InChI=1S/C14H20BrN3O/c1-9(2)18(8-10-4-5-10)14(19)12-6-11(15)7-17-13(12)16-3/h6-7,9-10H,4-5,8H2,1-3H3,(H,16,17). The maximum absolute atomic E-state index is 12.7. The number of pyridine rings is 1. The van der Waals surface area contributed by atoms with Crippen LogP contribution >= 0.6 is 15.9 Å². The molecule has 0 aliphatic heterocycles. The van der Waals surface area contributed by atoms with Crippen LogP contribution in [0.15, 0.2) is 16.7 Å². The zero-order valence-corrected chi connectivity index (χ0v) is 13.2. The molecule has 1 aromatic rings. The van der Waals surface area contributed by atoms with E-state index in [4.69, 9.17) is 0 Å². The van der Waals surface area contributed by atoms with Crippen LogP contribution in [0.1, 0.15) is 37.0 Å². The fraction of sp³-hybridized carbons (Fsp3) is 0.571. The summed E-state index contributed by atoms with van der Waals surface area (Å²) in [6.07, 6.45) is 4.18. The van der Waals surface area contributed by atoms with Crippen molar-refractivity contribution in [2.24, 2.45) is 5.92 Å². The van der Waals surface area contributed by atoms with Crippen LogP contribution in [0, 0.1) is 5.92 Å². The van der Waals surface area contributed by atoms with E-state index >= 15 is 0 Å². The average molecular weight is 326 g/mol. The van der Waals surface area contributed by atoms with E-state index in [2.05, 4.69) is 40.1 Å². The molecule has 0 atom stereocenters. The molecular formula is C14H20BrN3O. The van der Waals surface area contributed by atoms with Crippen LogP contribution in [0.3, 0.4) is 0 Å². The molecule has 1 fully saturated rings. The molecule has 1 N–H and O–H groups in total. The molecule has 1 heterocycles. The number of halogens is 1. The molecule has 0 saturated heterocycles. The lowest BCUT2D eigenvalue weighted by Gasteiger charge is -2.27. The van der Waals surface area contributed by atoms with Gasteiger partial charge in [0.15, 0.2) is 0 Å². The first kappa shape index (κ1) is 14.3. The number of hydrogen-bond acceptors (Lipinski definition) is 3. The van der Waals surface area contributed by atoms with Crippen molar-refractivity contribution in [3.05, 3.63) is 22.3 Å². The van der Waals surface area contributed by atoms with Gasteiger partial charge in [-0.3, -0.25) is 4.79 Å². The highest BCUT2D eigenvalue weighted by Crippen LogP contribution is 2.31. The Kier molecular flexibility index (Phi) is 4.45. The number of hydrogen-bond donors (Lipinski definition) is 1. The minimum absolute atomic E-state index is 0.0556. The summed E-state index contributed by atoms with van der Waals surface area (Å²) >= 11 is 3.38. The Bertz CT molecular complexity index is 472. The van der Waals surface area contributed by atoms with E-state index in [-0.39, 0.29) is 11.9 Å². The number of anilines is 1. The van der Waals surface area contributed by atoms with E-state index in [1.807, 2.05) is 11.0 Å². The molecule has 1 aliphatic rings. The van der Waals surface area contributed by atoms with Gasteiger partial charge >= 0.3 is 0 Å². The van der Waals surface area contributed by atoms with Crippen LogP contribution in [0.25, 0.3) is 0 Å². The lowest BCUT2D eigenvalue weighted by atomic mass is 10.1. The Morgan fingerprint density at radius 2 is 2.26 bits per heavy atom. The monoisotopic (exact) mass is 325 g/mol. The molecule has 5 heteroatoms. The molecule has 19 heavy (non-hydrogen) atoms. The van der Waals surface area contributed by atoms with Crippen LogP contribution in [-0.2, 0) is 0 Å². The van der Waals surface area contributed by atoms with E-state index in [9.17, 15) is 4.79 Å². The highest BCUT2D eigenvalue weighted by Gasteiger charge is 2.29. The second-order valence-corrected chi connectivity index (χ2v) is 6.21. The van der Waals surface area contributed by atoms with E-state index in [1.165, 1.54) is 12.8 Å². The van der Waals surface area contributed by atoms with Gasteiger partial charge in [-0.2, -0.15) is 0 Å². The maximum atomic E-state index is 12.7. The van der Waals surface area contributed by atoms with Gasteiger partial charge in [-0.05, 0) is 54.6 Å². The zero-order valence-electron chi connectivity index (χ0n) is 11.6. The number of amides is 1. The smallest absolute Gasteiger partial charge is 0.257 e. The summed E-state index contributed by atoms with van der Waals surface area (Å²) in [5, 5.41) is 2.99. The highest BCUT2D eigenvalue weighted by atomic mass is 79.9. The van der Waals surface area contributed by atoms with E-state index in [1.54, 1.807) is 13.2 Å². The van der Waals surface area contributed by atoms with Crippen LogP contribution < -0.4 is 5.32 Å². The van der Waals surface area contributed by atoms with Crippen molar-refractivity contribution in [1.29, 1.82) is 0 Å². The molecule has 0 radical (unpaired) electrons. The maximum Gasteiger partial charge on any atom is 0.257 e. The van der Waals surface area contributed by atoms with Gasteiger partial charge in [-0.1, -0.05) is 0 Å². The van der Waals surface area contributed by atoms with Gasteiger partial charge in [0, 0.05) is 30.3 Å². The number of nitrogens with zero attached hydrogens (tertiary/aromatic N) is 2. The molecule has 0 aromatic carbocycles. The molecule has 104 valence electrons.